The van der Waals surface area contributed by atoms with Gasteiger partial charge in [0.25, 0.3) is 0 Å². The van der Waals surface area contributed by atoms with Crippen LogP contribution >= 0.6 is 15.9 Å². The summed E-state index contributed by atoms with van der Waals surface area (Å²) in [5.41, 5.74) is 1.16. The van der Waals surface area contributed by atoms with Gasteiger partial charge in [-0.25, -0.2) is 0 Å². The van der Waals surface area contributed by atoms with Gasteiger partial charge in [0.2, 0.25) is 11.8 Å². The van der Waals surface area contributed by atoms with E-state index in [9.17, 15) is 9.59 Å². The van der Waals surface area contributed by atoms with E-state index in [1.807, 2.05) is 38.1 Å². The van der Waals surface area contributed by atoms with Crippen molar-refractivity contribution < 1.29 is 9.59 Å². The van der Waals surface area contributed by atoms with Crippen LogP contribution in [0.3, 0.4) is 0 Å². The number of carbonyl (C=O) groups is 2. The lowest BCUT2D eigenvalue weighted by atomic mass is 10.1. The van der Waals surface area contributed by atoms with Gasteiger partial charge in [-0.05, 0) is 31.9 Å². The van der Waals surface area contributed by atoms with E-state index in [0.717, 1.165) is 16.5 Å². The normalized spacial score (nSPS) is 11.8. The van der Waals surface area contributed by atoms with Gasteiger partial charge in [0.15, 0.2) is 0 Å². The van der Waals surface area contributed by atoms with Crippen molar-refractivity contribution in [2.45, 2.75) is 39.2 Å². The lowest BCUT2D eigenvalue weighted by molar-refractivity contribution is -0.126. The molecule has 0 aromatic heterocycles. The molecule has 1 atom stereocenters. The molecule has 0 unspecified atom stereocenters. The number of hydrogen-bond donors (Lipinski definition) is 2. The van der Waals surface area contributed by atoms with Gasteiger partial charge >= 0.3 is 0 Å². The largest absolute Gasteiger partial charge is 0.356 e. The molecule has 0 aliphatic carbocycles. The molecule has 20 heavy (non-hydrogen) atoms. The zero-order chi connectivity index (χ0) is 15.0. The fraction of sp³-hybridized carbons (Fsp3) is 0.467. The minimum atomic E-state index is -0.0872. The fourth-order valence-corrected chi connectivity index (χ4v) is 2.35. The smallest absolute Gasteiger partial charge is 0.220 e. The van der Waals surface area contributed by atoms with Gasteiger partial charge in [-0.1, -0.05) is 34.1 Å². The third kappa shape index (κ3) is 6.19. The van der Waals surface area contributed by atoms with E-state index in [1.165, 1.54) is 0 Å². The molecule has 110 valence electrons. The van der Waals surface area contributed by atoms with E-state index in [0.29, 0.717) is 6.54 Å². The van der Waals surface area contributed by atoms with Crippen LogP contribution in [0, 0.1) is 0 Å². The summed E-state index contributed by atoms with van der Waals surface area (Å²) in [5, 5.41) is 5.59. The fourth-order valence-electron chi connectivity index (χ4n) is 1.90. The Kier molecular flexibility index (Phi) is 7.30. The summed E-state index contributed by atoms with van der Waals surface area (Å²) in [6.07, 6.45) is 1.22. The molecule has 1 aromatic rings. The second-order valence-corrected chi connectivity index (χ2v) is 5.57. The number of amides is 2. The molecular weight excluding hydrogens is 320 g/mol. The van der Waals surface area contributed by atoms with Gasteiger partial charge in [0.05, 0.1) is 0 Å². The minimum Gasteiger partial charge on any atom is -0.356 e. The first-order chi connectivity index (χ1) is 9.52. The van der Waals surface area contributed by atoms with Gasteiger partial charge in [-0.15, -0.1) is 0 Å². The Balaban J connectivity index is 2.35. The van der Waals surface area contributed by atoms with E-state index >= 15 is 0 Å². The minimum absolute atomic E-state index is 0.0374. The molecule has 0 heterocycles. The first-order valence-corrected chi connectivity index (χ1v) is 7.61. The predicted molar refractivity (Wildman–Crippen MR) is 83.4 cm³/mol. The molecule has 0 spiro atoms. The maximum atomic E-state index is 11.7. The van der Waals surface area contributed by atoms with E-state index < -0.39 is 0 Å². The van der Waals surface area contributed by atoms with Crippen LogP contribution in [0.1, 0.15) is 32.3 Å². The number of halogens is 1. The molecule has 0 fully saturated rings. The highest BCUT2D eigenvalue weighted by atomic mass is 79.9. The number of nitrogens with one attached hydrogen (secondary N) is 2. The highest BCUT2D eigenvalue weighted by Crippen LogP contribution is 2.17. The maximum Gasteiger partial charge on any atom is 0.220 e. The van der Waals surface area contributed by atoms with Crippen LogP contribution in [0.15, 0.2) is 28.7 Å². The van der Waals surface area contributed by atoms with Crippen molar-refractivity contribution in [3.63, 3.8) is 0 Å². The molecule has 2 amide bonds. The average molecular weight is 341 g/mol. The summed E-state index contributed by atoms with van der Waals surface area (Å²) < 4.78 is 1.04. The Morgan fingerprint density at radius 3 is 2.50 bits per heavy atom. The Morgan fingerprint density at radius 1 is 1.20 bits per heavy atom. The summed E-state index contributed by atoms with van der Waals surface area (Å²) in [5.74, 6) is -0.170. The van der Waals surface area contributed by atoms with Crippen molar-refractivity contribution >= 4 is 27.7 Å². The molecule has 4 nitrogen and oxygen atoms in total. The molecule has 1 aromatic carbocycles. The molecule has 0 saturated heterocycles. The monoisotopic (exact) mass is 340 g/mol. The molecule has 0 aliphatic heterocycles. The Bertz CT molecular complexity index is 463. The molecule has 0 saturated carbocycles. The third-order valence-corrected chi connectivity index (χ3v) is 3.62. The first kappa shape index (κ1) is 16.7. The lowest BCUT2D eigenvalue weighted by Crippen LogP contribution is -2.35. The van der Waals surface area contributed by atoms with Gasteiger partial charge in [-0.2, -0.15) is 0 Å². The van der Waals surface area contributed by atoms with Gasteiger partial charge in [-0.3, -0.25) is 9.59 Å². The summed E-state index contributed by atoms with van der Waals surface area (Å²) in [7, 11) is 0. The van der Waals surface area contributed by atoms with Gasteiger partial charge in [0, 0.05) is 29.9 Å². The van der Waals surface area contributed by atoms with E-state index in [-0.39, 0.29) is 30.7 Å². The van der Waals surface area contributed by atoms with Crippen LogP contribution in [-0.4, -0.2) is 24.4 Å². The highest BCUT2D eigenvalue weighted by Gasteiger charge is 2.11. The lowest BCUT2D eigenvalue weighted by Gasteiger charge is -2.15. The second kappa shape index (κ2) is 8.74. The Morgan fingerprint density at radius 2 is 1.85 bits per heavy atom. The molecule has 2 N–H and O–H groups in total. The summed E-state index contributed by atoms with van der Waals surface area (Å²) in [6.45, 7) is 4.42. The Hall–Kier alpha value is -1.36. The molecule has 5 heteroatoms. The quantitative estimate of drug-likeness (QED) is 0.800. The van der Waals surface area contributed by atoms with Crippen LogP contribution in [0.4, 0.5) is 0 Å². The number of carbonyl (C=O) groups excluding carboxylic acids is 2. The topological polar surface area (TPSA) is 58.2 Å². The SMILES string of the molecule is CCNC(=O)CCC(=O)N[C@H](C)Cc1ccccc1Br. The van der Waals surface area contributed by atoms with E-state index in [4.69, 9.17) is 0 Å². The van der Waals surface area contributed by atoms with Crippen molar-refractivity contribution in [1.82, 2.24) is 10.6 Å². The van der Waals surface area contributed by atoms with Crippen molar-refractivity contribution in [3.05, 3.63) is 34.3 Å². The molecule has 0 aliphatic rings. The van der Waals surface area contributed by atoms with Crippen molar-refractivity contribution in [1.29, 1.82) is 0 Å². The van der Waals surface area contributed by atoms with Crippen LogP contribution < -0.4 is 10.6 Å². The first-order valence-electron chi connectivity index (χ1n) is 6.82. The highest BCUT2D eigenvalue weighted by molar-refractivity contribution is 9.10. The van der Waals surface area contributed by atoms with Crippen LogP contribution in [0.25, 0.3) is 0 Å². The van der Waals surface area contributed by atoms with Gasteiger partial charge < -0.3 is 10.6 Å². The van der Waals surface area contributed by atoms with Crippen LogP contribution in [0.2, 0.25) is 0 Å². The zero-order valence-electron chi connectivity index (χ0n) is 11.9. The van der Waals surface area contributed by atoms with E-state index in [2.05, 4.69) is 26.6 Å². The third-order valence-electron chi connectivity index (χ3n) is 2.84. The molecule has 0 radical (unpaired) electrons. The maximum absolute atomic E-state index is 11.7. The number of hydrogen-bond acceptors (Lipinski definition) is 2. The zero-order valence-corrected chi connectivity index (χ0v) is 13.5. The molecular formula is C15H21BrN2O2. The van der Waals surface area contributed by atoms with Crippen molar-refractivity contribution in [2.75, 3.05) is 6.54 Å². The molecule has 1 rings (SSSR count). The predicted octanol–water partition coefficient (Wildman–Crippen LogP) is 2.41. The average Bonchev–Trinajstić information content (AvgIpc) is 2.39. The summed E-state index contributed by atoms with van der Waals surface area (Å²) in [4.78, 5) is 23.0. The number of benzene rings is 1. The second-order valence-electron chi connectivity index (χ2n) is 4.72. The van der Waals surface area contributed by atoms with Crippen LogP contribution in [-0.2, 0) is 16.0 Å². The van der Waals surface area contributed by atoms with Crippen molar-refractivity contribution in [2.24, 2.45) is 0 Å². The number of rotatable bonds is 7. The molecule has 0 bridgehead atoms. The standard InChI is InChI=1S/C15H21BrN2O2/c1-3-17-14(19)8-9-15(20)18-11(2)10-12-6-4-5-7-13(12)16/h4-7,11H,3,8-10H2,1-2H3,(H,17,19)(H,18,20)/t11-/m1/s1. The van der Waals surface area contributed by atoms with Crippen molar-refractivity contribution in [3.8, 4) is 0 Å². The summed E-state index contributed by atoms with van der Waals surface area (Å²) >= 11 is 3.49. The summed E-state index contributed by atoms with van der Waals surface area (Å²) in [6, 6.07) is 7.99. The van der Waals surface area contributed by atoms with Crippen LogP contribution in [0.5, 0.6) is 0 Å². The van der Waals surface area contributed by atoms with E-state index in [1.54, 1.807) is 0 Å². The Labute approximate surface area is 128 Å². The van der Waals surface area contributed by atoms with Gasteiger partial charge in [0.1, 0.15) is 0 Å².